The summed E-state index contributed by atoms with van der Waals surface area (Å²) in [6, 6.07) is 0. The van der Waals surface area contributed by atoms with Crippen molar-refractivity contribution in [1.29, 1.82) is 0 Å². The summed E-state index contributed by atoms with van der Waals surface area (Å²) in [5.74, 6) is 1.27. The maximum absolute atomic E-state index is 9.61. The Labute approximate surface area is 128 Å². The topological polar surface area (TPSA) is 51.2 Å². The van der Waals surface area contributed by atoms with E-state index in [0.717, 1.165) is 52.1 Å². The molecule has 2 aliphatic carbocycles. The highest BCUT2D eigenvalue weighted by molar-refractivity contribution is 4.91. The lowest BCUT2D eigenvalue weighted by Gasteiger charge is -2.25. The van der Waals surface area contributed by atoms with Crippen LogP contribution in [-0.4, -0.2) is 49.8 Å². The number of epoxide rings is 1. The molecule has 0 spiro atoms. The molecule has 4 heteroatoms. The van der Waals surface area contributed by atoms with Gasteiger partial charge in [0.1, 0.15) is 0 Å². The molecule has 1 aliphatic heterocycles. The summed E-state index contributed by atoms with van der Waals surface area (Å²) in [5.41, 5.74) is 0. The molecule has 0 aromatic heterocycles. The summed E-state index contributed by atoms with van der Waals surface area (Å²) in [6.45, 7) is 3.28. The predicted octanol–water partition coefficient (Wildman–Crippen LogP) is 2.53. The van der Waals surface area contributed by atoms with Gasteiger partial charge in [0.05, 0.1) is 18.3 Å². The summed E-state index contributed by atoms with van der Waals surface area (Å²) in [7, 11) is 0. The van der Waals surface area contributed by atoms with E-state index in [-0.39, 0.29) is 6.10 Å². The first-order valence-corrected chi connectivity index (χ1v) is 8.80. The monoisotopic (exact) mass is 298 g/mol. The van der Waals surface area contributed by atoms with Crippen molar-refractivity contribution in [3.05, 3.63) is 0 Å². The molecular formula is C17H30O4. The van der Waals surface area contributed by atoms with Crippen LogP contribution in [0.1, 0.15) is 51.4 Å². The lowest BCUT2D eigenvalue weighted by molar-refractivity contribution is 0.0261. The molecule has 4 unspecified atom stereocenters. The minimum atomic E-state index is -0.0961. The molecule has 3 rings (SSSR count). The zero-order valence-corrected chi connectivity index (χ0v) is 13.0. The van der Waals surface area contributed by atoms with Crippen LogP contribution in [0.5, 0.6) is 0 Å². The van der Waals surface area contributed by atoms with E-state index in [1.54, 1.807) is 0 Å². The SMILES string of the molecule is O[C@@H]1CCCC(COCCCOCC2CCC3OC3C2)C1. The fourth-order valence-corrected chi connectivity index (χ4v) is 3.82. The Hall–Kier alpha value is -0.160. The Morgan fingerprint density at radius 3 is 2.33 bits per heavy atom. The number of ether oxygens (including phenoxy) is 3. The second-order valence-corrected chi connectivity index (χ2v) is 7.08. The van der Waals surface area contributed by atoms with Gasteiger partial charge in [-0.25, -0.2) is 0 Å². The van der Waals surface area contributed by atoms with Gasteiger partial charge >= 0.3 is 0 Å². The molecule has 0 radical (unpaired) electrons. The van der Waals surface area contributed by atoms with Gasteiger partial charge in [-0.3, -0.25) is 0 Å². The number of aliphatic hydroxyl groups excluding tert-OH is 1. The van der Waals surface area contributed by atoms with Crippen LogP contribution in [0.2, 0.25) is 0 Å². The number of fused-ring (bicyclic) bond motifs is 1. The Bertz CT molecular complexity index is 299. The Kier molecular flexibility index (Phi) is 5.92. The van der Waals surface area contributed by atoms with Crippen molar-refractivity contribution in [2.45, 2.75) is 69.7 Å². The Balaban J connectivity index is 1.13. The van der Waals surface area contributed by atoms with Gasteiger partial charge in [0, 0.05) is 26.4 Å². The number of aliphatic hydroxyl groups is 1. The first kappa shape index (κ1) is 15.7. The van der Waals surface area contributed by atoms with E-state index >= 15 is 0 Å². The third-order valence-electron chi connectivity index (χ3n) is 5.15. The highest BCUT2D eigenvalue weighted by atomic mass is 16.6. The van der Waals surface area contributed by atoms with Gasteiger partial charge in [0.15, 0.2) is 0 Å². The standard InChI is InChI=1S/C17H30O4/c18-15-4-1-3-13(9-15)11-19-7-2-8-20-12-14-5-6-16-17(10-14)21-16/h13-18H,1-12H2/t13?,14?,15-,16?,17?/m1/s1. The lowest BCUT2D eigenvalue weighted by Crippen LogP contribution is -2.23. The molecule has 3 fully saturated rings. The maximum atomic E-state index is 9.61. The third-order valence-corrected chi connectivity index (χ3v) is 5.15. The molecule has 122 valence electrons. The second-order valence-electron chi connectivity index (χ2n) is 7.08. The number of hydrogen-bond donors (Lipinski definition) is 1. The molecule has 0 amide bonds. The van der Waals surface area contributed by atoms with E-state index in [2.05, 4.69) is 0 Å². The van der Waals surface area contributed by atoms with E-state index in [4.69, 9.17) is 14.2 Å². The normalized spacial score (nSPS) is 39.0. The smallest absolute Gasteiger partial charge is 0.0845 e. The zero-order chi connectivity index (χ0) is 14.5. The number of hydrogen-bond acceptors (Lipinski definition) is 4. The minimum Gasteiger partial charge on any atom is -0.393 e. The molecule has 2 saturated carbocycles. The molecule has 1 N–H and O–H groups in total. The molecule has 21 heavy (non-hydrogen) atoms. The highest BCUT2D eigenvalue weighted by Crippen LogP contribution is 2.39. The van der Waals surface area contributed by atoms with Gasteiger partial charge < -0.3 is 19.3 Å². The van der Waals surface area contributed by atoms with Gasteiger partial charge in [-0.1, -0.05) is 6.42 Å². The van der Waals surface area contributed by atoms with Crippen LogP contribution in [0.15, 0.2) is 0 Å². The van der Waals surface area contributed by atoms with Crippen molar-refractivity contribution in [1.82, 2.24) is 0 Å². The number of rotatable bonds is 8. The fraction of sp³-hybridized carbons (Fsp3) is 1.00. The van der Waals surface area contributed by atoms with Crippen LogP contribution in [0.3, 0.4) is 0 Å². The molecule has 4 nitrogen and oxygen atoms in total. The molecule has 1 saturated heterocycles. The molecule has 0 bridgehead atoms. The Morgan fingerprint density at radius 1 is 0.857 bits per heavy atom. The van der Waals surface area contributed by atoms with E-state index in [1.807, 2.05) is 0 Å². The third kappa shape index (κ3) is 5.20. The molecule has 3 aliphatic rings. The quantitative estimate of drug-likeness (QED) is 0.552. The predicted molar refractivity (Wildman–Crippen MR) is 80.2 cm³/mol. The van der Waals surface area contributed by atoms with Crippen molar-refractivity contribution in [3.63, 3.8) is 0 Å². The van der Waals surface area contributed by atoms with Crippen LogP contribution in [-0.2, 0) is 14.2 Å². The zero-order valence-electron chi connectivity index (χ0n) is 13.0. The van der Waals surface area contributed by atoms with E-state index < -0.39 is 0 Å². The van der Waals surface area contributed by atoms with Crippen molar-refractivity contribution in [3.8, 4) is 0 Å². The van der Waals surface area contributed by atoms with Crippen molar-refractivity contribution < 1.29 is 19.3 Å². The first-order chi connectivity index (χ1) is 10.3. The average molecular weight is 298 g/mol. The van der Waals surface area contributed by atoms with Crippen LogP contribution >= 0.6 is 0 Å². The van der Waals surface area contributed by atoms with Gasteiger partial charge in [-0.2, -0.15) is 0 Å². The summed E-state index contributed by atoms with van der Waals surface area (Å²) < 4.78 is 17.0. The van der Waals surface area contributed by atoms with Crippen molar-refractivity contribution >= 4 is 0 Å². The Morgan fingerprint density at radius 2 is 1.62 bits per heavy atom. The van der Waals surface area contributed by atoms with Crippen molar-refractivity contribution in [2.24, 2.45) is 11.8 Å². The van der Waals surface area contributed by atoms with Gasteiger partial charge in [-0.15, -0.1) is 0 Å². The largest absolute Gasteiger partial charge is 0.393 e. The molecular weight excluding hydrogens is 268 g/mol. The molecule has 5 atom stereocenters. The lowest BCUT2D eigenvalue weighted by atomic mass is 9.88. The van der Waals surface area contributed by atoms with Crippen LogP contribution in [0.4, 0.5) is 0 Å². The van der Waals surface area contributed by atoms with Gasteiger partial charge in [-0.05, 0) is 56.8 Å². The van der Waals surface area contributed by atoms with Crippen LogP contribution in [0.25, 0.3) is 0 Å². The summed E-state index contributed by atoms with van der Waals surface area (Å²) in [6.07, 6.45) is 9.97. The van der Waals surface area contributed by atoms with Gasteiger partial charge in [0.25, 0.3) is 0 Å². The van der Waals surface area contributed by atoms with E-state index in [9.17, 15) is 5.11 Å². The molecule has 1 heterocycles. The van der Waals surface area contributed by atoms with Crippen molar-refractivity contribution in [2.75, 3.05) is 26.4 Å². The first-order valence-electron chi connectivity index (χ1n) is 8.80. The summed E-state index contributed by atoms with van der Waals surface area (Å²) >= 11 is 0. The summed E-state index contributed by atoms with van der Waals surface area (Å²) in [4.78, 5) is 0. The fourth-order valence-electron chi connectivity index (χ4n) is 3.82. The van der Waals surface area contributed by atoms with Crippen LogP contribution < -0.4 is 0 Å². The molecule has 0 aromatic carbocycles. The van der Waals surface area contributed by atoms with Gasteiger partial charge in [0.2, 0.25) is 0 Å². The average Bonchev–Trinajstić information content (AvgIpc) is 3.25. The van der Waals surface area contributed by atoms with E-state index in [1.165, 1.54) is 25.7 Å². The summed E-state index contributed by atoms with van der Waals surface area (Å²) in [5, 5.41) is 9.61. The highest BCUT2D eigenvalue weighted by Gasteiger charge is 2.43. The van der Waals surface area contributed by atoms with Crippen LogP contribution in [0, 0.1) is 11.8 Å². The molecule has 0 aromatic rings. The van der Waals surface area contributed by atoms with E-state index in [0.29, 0.717) is 24.0 Å². The second kappa shape index (κ2) is 7.91. The maximum Gasteiger partial charge on any atom is 0.0845 e. The minimum absolute atomic E-state index is 0.0961.